The summed E-state index contributed by atoms with van der Waals surface area (Å²) in [6, 6.07) is 12.9. The van der Waals surface area contributed by atoms with Crippen LogP contribution >= 0.6 is 0 Å². The second-order valence-electron chi connectivity index (χ2n) is 4.14. The lowest BCUT2D eigenvalue weighted by molar-refractivity contribution is 0.112. The summed E-state index contributed by atoms with van der Waals surface area (Å²) in [6.07, 6.45) is 2.59. The van der Waals surface area contributed by atoms with Crippen molar-refractivity contribution in [1.29, 1.82) is 0 Å². The summed E-state index contributed by atoms with van der Waals surface area (Å²) in [5.41, 5.74) is 0.651. The van der Waals surface area contributed by atoms with Gasteiger partial charge in [0, 0.05) is 18.8 Å². The molecule has 0 aliphatic heterocycles. The molecule has 0 fully saturated rings. The van der Waals surface area contributed by atoms with E-state index >= 15 is 0 Å². The molecule has 2 aromatic rings. The fourth-order valence-corrected chi connectivity index (χ4v) is 1.64. The minimum Gasteiger partial charge on any atom is -0.492 e. The molecule has 98 valence electrons. The van der Waals surface area contributed by atoms with Crippen LogP contribution in [0.1, 0.15) is 10.4 Å². The van der Waals surface area contributed by atoms with Crippen LogP contribution in [0.25, 0.3) is 0 Å². The van der Waals surface area contributed by atoms with E-state index in [1.54, 1.807) is 30.5 Å². The van der Waals surface area contributed by atoms with Crippen molar-refractivity contribution in [3.8, 4) is 5.75 Å². The average Bonchev–Trinajstić information content (AvgIpc) is 2.49. The molecule has 4 nitrogen and oxygen atoms in total. The van der Waals surface area contributed by atoms with Crippen LogP contribution in [0.2, 0.25) is 0 Å². The number of carbonyl (C=O) groups excluding carboxylic acids is 1. The Bertz CT molecular complexity index is 511. The number of hydrogen-bond donors (Lipinski definition) is 0. The van der Waals surface area contributed by atoms with E-state index in [0.717, 1.165) is 24.4 Å². The van der Waals surface area contributed by atoms with Crippen LogP contribution in [0, 0.1) is 0 Å². The van der Waals surface area contributed by atoms with E-state index in [-0.39, 0.29) is 0 Å². The van der Waals surface area contributed by atoms with Crippen molar-refractivity contribution in [2.45, 2.75) is 0 Å². The summed E-state index contributed by atoms with van der Waals surface area (Å²) >= 11 is 0. The molecule has 0 N–H and O–H groups in total. The van der Waals surface area contributed by atoms with Gasteiger partial charge in [0.25, 0.3) is 0 Å². The van der Waals surface area contributed by atoms with Crippen molar-refractivity contribution >= 4 is 12.1 Å². The first-order valence-electron chi connectivity index (χ1n) is 6.10. The predicted octanol–water partition coefficient (Wildman–Crippen LogP) is 2.41. The standard InChI is InChI=1S/C15H16N2O2/c1-17(15-4-2-3-9-16-15)10-11-19-14-7-5-13(12-18)6-8-14/h2-9,12H,10-11H2,1H3/i12+2. The number of aromatic nitrogens is 1. The fourth-order valence-electron chi connectivity index (χ4n) is 1.64. The van der Waals surface area contributed by atoms with Gasteiger partial charge in [-0.1, -0.05) is 6.07 Å². The topological polar surface area (TPSA) is 42.4 Å². The number of rotatable bonds is 6. The number of ether oxygens (including phenoxy) is 1. The summed E-state index contributed by atoms with van der Waals surface area (Å²) in [4.78, 5) is 16.8. The van der Waals surface area contributed by atoms with Crippen LogP contribution in [-0.4, -0.2) is 31.5 Å². The van der Waals surface area contributed by atoms with Crippen LogP contribution in [0.3, 0.4) is 0 Å². The Labute approximate surface area is 112 Å². The van der Waals surface area contributed by atoms with Gasteiger partial charge in [0.2, 0.25) is 0 Å². The number of aldehydes is 1. The van der Waals surface area contributed by atoms with Gasteiger partial charge >= 0.3 is 0 Å². The third-order valence-corrected chi connectivity index (χ3v) is 2.75. The first-order valence-corrected chi connectivity index (χ1v) is 6.10. The van der Waals surface area contributed by atoms with E-state index in [1.165, 1.54) is 0 Å². The van der Waals surface area contributed by atoms with E-state index in [9.17, 15) is 4.79 Å². The molecule has 1 heterocycles. The van der Waals surface area contributed by atoms with E-state index in [4.69, 9.17) is 4.74 Å². The van der Waals surface area contributed by atoms with E-state index < -0.39 is 0 Å². The molecule has 0 bridgehead atoms. The lowest BCUT2D eigenvalue weighted by Crippen LogP contribution is -2.24. The minimum absolute atomic E-state index is 0.563. The van der Waals surface area contributed by atoms with Gasteiger partial charge in [-0.05, 0) is 36.4 Å². The molecule has 0 atom stereocenters. The average molecular weight is 258 g/mol. The van der Waals surface area contributed by atoms with Gasteiger partial charge in [0.05, 0.1) is 6.54 Å². The van der Waals surface area contributed by atoms with Crippen LogP contribution in [0.5, 0.6) is 5.75 Å². The Morgan fingerprint density at radius 2 is 2.00 bits per heavy atom. The minimum atomic E-state index is 0.563. The zero-order valence-corrected chi connectivity index (χ0v) is 10.8. The zero-order chi connectivity index (χ0) is 13.5. The van der Waals surface area contributed by atoms with Crippen LogP contribution in [-0.2, 0) is 0 Å². The molecule has 0 spiro atoms. The molecule has 0 aliphatic carbocycles. The first kappa shape index (κ1) is 13.1. The normalized spacial score (nSPS) is 9.95. The summed E-state index contributed by atoms with van der Waals surface area (Å²) in [6.45, 7) is 1.31. The molecule has 0 amide bonds. The molecule has 0 aliphatic rings. The molecule has 19 heavy (non-hydrogen) atoms. The summed E-state index contributed by atoms with van der Waals surface area (Å²) in [5.74, 6) is 1.68. The van der Waals surface area contributed by atoms with Gasteiger partial charge in [-0.15, -0.1) is 0 Å². The number of carbonyl (C=O) groups is 1. The van der Waals surface area contributed by atoms with E-state index in [2.05, 4.69) is 4.98 Å². The summed E-state index contributed by atoms with van der Waals surface area (Å²) in [7, 11) is 1.97. The van der Waals surface area contributed by atoms with E-state index in [0.29, 0.717) is 12.2 Å². The molecule has 0 unspecified atom stereocenters. The van der Waals surface area contributed by atoms with Crippen molar-refractivity contribution in [3.05, 3.63) is 54.2 Å². The van der Waals surface area contributed by atoms with Gasteiger partial charge in [0.1, 0.15) is 24.5 Å². The third kappa shape index (κ3) is 3.81. The Hall–Kier alpha value is -2.36. The third-order valence-electron chi connectivity index (χ3n) is 2.75. The number of benzene rings is 1. The Morgan fingerprint density at radius 1 is 1.21 bits per heavy atom. The number of nitrogens with zero attached hydrogens (tertiary/aromatic N) is 2. The fraction of sp³-hybridized carbons (Fsp3) is 0.200. The van der Waals surface area contributed by atoms with Gasteiger partial charge in [-0.25, -0.2) is 4.98 Å². The Balaban J connectivity index is 1.81. The second kappa shape index (κ2) is 6.54. The quantitative estimate of drug-likeness (QED) is 0.746. The highest BCUT2D eigenvalue weighted by molar-refractivity contribution is 5.74. The molecule has 0 saturated heterocycles. The zero-order valence-electron chi connectivity index (χ0n) is 10.8. The highest BCUT2D eigenvalue weighted by Crippen LogP contribution is 2.11. The number of anilines is 1. The molecule has 1 aromatic carbocycles. The largest absolute Gasteiger partial charge is 0.492 e. The van der Waals surface area contributed by atoms with Gasteiger partial charge in [0.15, 0.2) is 0 Å². The maximum absolute atomic E-state index is 10.5. The van der Waals surface area contributed by atoms with Gasteiger partial charge in [-0.3, -0.25) is 4.79 Å². The van der Waals surface area contributed by atoms with Crippen molar-refractivity contribution in [1.82, 2.24) is 4.98 Å². The van der Waals surface area contributed by atoms with Crippen molar-refractivity contribution in [2.75, 3.05) is 25.1 Å². The monoisotopic (exact) mass is 258 g/mol. The van der Waals surface area contributed by atoms with Crippen LogP contribution in [0.4, 0.5) is 5.82 Å². The molecular formula is C15H16N2O2. The number of hydrogen-bond acceptors (Lipinski definition) is 4. The van der Waals surface area contributed by atoms with Gasteiger partial charge < -0.3 is 9.64 Å². The maximum Gasteiger partial charge on any atom is 0.150 e. The second-order valence-corrected chi connectivity index (χ2v) is 4.14. The summed E-state index contributed by atoms with van der Waals surface area (Å²) in [5, 5.41) is 0. The molecular weight excluding hydrogens is 242 g/mol. The highest BCUT2D eigenvalue weighted by Gasteiger charge is 2.01. The SMILES string of the molecule is CN(CCOc1ccc([14CH]=O)cc1)c1ccccn1. The Kier molecular flexibility index (Phi) is 4.50. The Morgan fingerprint density at radius 3 is 2.63 bits per heavy atom. The van der Waals surface area contributed by atoms with E-state index in [1.807, 2.05) is 30.1 Å². The van der Waals surface area contributed by atoms with Crippen molar-refractivity contribution < 1.29 is 9.53 Å². The van der Waals surface area contributed by atoms with Gasteiger partial charge in [-0.2, -0.15) is 0 Å². The molecule has 0 radical (unpaired) electrons. The van der Waals surface area contributed by atoms with Crippen molar-refractivity contribution in [2.24, 2.45) is 0 Å². The van der Waals surface area contributed by atoms with Crippen LogP contribution in [0.15, 0.2) is 48.7 Å². The van der Waals surface area contributed by atoms with Crippen LogP contribution < -0.4 is 9.64 Å². The smallest absolute Gasteiger partial charge is 0.150 e. The van der Waals surface area contributed by atoms with Crippen molar-refractivity contribution in [3.63, 3.8) is 0 Å². The molecule has 1 aromatic heterocycles. The number of pyridine rings is 1. The molecule has 4 heteroatoms. The molecule has 2 rings (SSSR count). The first-order chi connectivity index (χ1) is 9.29. The lowest BCUT2D eigenvalue weighted by atomic mass is 10.3. The number of likely N-dealkylation sites (N-methyl/N-ethyl adjacent to an activating group) is 1. The lowest BCUT2D eigenvalue weighted by Gasteiger charge is -2.18. The summed E-state index contributed by atoms with van der Waals surface area (Å²) < 4.78 is 5.61. The maximum atomic E-state index is 10.5. The highest BCUT2D eigenvalue weighted by atomic mass is 16.5. The molecule has 0 saturated carbocycles. The predicted molar refractivity (Wildman–Crippen MR) is 74.8 cm³/mol.